The van der Waals surface area contributed by atoms with Crippen LogP contribution >= 0.6 is 0 Å². The van der Waals surface area contributed by atoms with E-state index >= 15 is 0 Å². The third-order valence-electron chi connectivity index (χ3n) is 4.76. The zero-order valence-electron chi connectivity index (χ0n) is 16.5. The Balaban J connectivity index is 2.50. The summed E-state index contributed by atoms with van der Waals surface area (Å²) in [6.45, 7) is 4.51. The van der Waals surface area contributed by atoms with E-state index in [4.69, 9.17) is 14.9 Å². The van der Waals surface area contributed by atoms with E-state index in [1.165, 1.54) is 26.4 Å². The van der Waals surface area contributed by atoms with Gasteiger partial charge in [0.25, 0.3) is 0 Å². The van der Waals surface area contributed by atoms with Gasteiger partial charge >= 0.3 is 5.97 Å². The van der Waals surface area contributed by atoms with Crippen LogP contribution in [-0.2, 0) is 23.9 Å². The second-order valence-corrected chi connectivity index (χ2v) is 6.87. The molecule has 2 N–H and O–H groups in total. The number of likely N-dealkylation sites (tertiary alicyclic amines) is 1. The highest BCUT2D eigenvalue weighted by molar-refractivity contribution is 6.26. The van der Waals surface area contributed by atoms with Gasteiger partial charge in [-0.15, -0.1) is 0 Å². The lowest BCUT2D eigenvalue weighted by molar-refractivity contribution is -0.149. The van der Waals surface area contributed by atoms with Gasteiger partial charge in [-0.1, -0.05) is 19.3 Å². The summed E-state index contributed by atoms with van der Waals surface area (Å²) in [5, 5.41) is 9.53. The molecular weight excluding hydrogens is 350 g/mol. The quantitative estimate of drug-likeness (QED) is 0.411. The van der Waals surface area contributed by atoms with Crippen LogP contribution in [0.15, 0.2) is 0 Å². The van der Waals surface area contributed by atoms with Crippen LogP contribution in [0.25, 0.3) is 0 Å². The molecule has 0 radical (unpaired) electrons. The second kappa shape index (κ2) is 13.4. The van der Waals surface area contributed by atoms with Gasteiger partial charge < -0.3 is 20.2 Å². The third-order valence-corrected chi connectivity index (χ3v) is 4.76. The smallest absolute Gasteiger partial charge is 0.328 e. The van der Waals surface area contributed by atoms with Crippen LogP contribution in [0.3, 0.4) is 0 Å². The van der Waals surface area contributed by atoms with Crippen LogP contribution < -0.4 is 5.32 Å². The maximum absolute atomic E-state index is 12.4. The fourth-order valence-corrected chi connectivity index (χ4v) is 2.92. The van der Waals surface area contributed by atoms with Crippen LogP contribution in [0.5, 0.6) is 0 Å². The van der Waals surface area contributed by atoms with E-state index in [-0.39, 0.29) is 19.4 Å². The van der Waals surface area contributed by atoms with Gasteiger partial charge in [0.05, 0.1) is 6.21 Å². The Labute approximate surface area is 161 Å². The molecule has 1 amide bonds. The number of esters is 1. The van der Waals surface area contributed by atoms with Crippen molar-refractivity contribution >= 4 is 23.9 Å². The molecule has 0 aromatic rings. The van der Waals surface area contributed by atoms with Crippen LogP contribution in [0.2, 0.25) is 0 Å². The normalized spacial score (nSPS) is 17.9. The van der Waals surface area contributed by atoms with Gasteiger partial charge in [0.15, 0.2) is 5.78 Å². The lowest BCUT2D eigenvalue weighted by atomic mass is 10.1. The number of carbonyl (C=O) groups is 3. The van der Waals surface area contributed by atoms with Crippen molar-refractivity contribution in [2.24, 2.45) is 0 Å². The summed E-state index contributed by atoms with van der Waals surface area (Å²) in [4.78, 5) is 38.1. The standard InChI is InChI=1S/C19H33N3O5/c1-15(26-2)18(24)21-17(9-8-16(23)14-20)19(25)27-13-12-22-10-6-4-3-5-7-11-22/h14-15,17,20H,3-13H2,1-2H3,(H,21,24)/t15-,17-/m0/s1. The number of ether oxygens (including phenoxy) is 2. The fraction of sp³-hybridized carbons (Fsp3) is 0.789. The Bertz CT molecular complexity index is 490. The highest BCUT2D eigenvalue weighted by Gasteiger charge is 2.25. The maximum atomic E-state index is 12.4. The van der Waals surface area contributed by atoms with Crippen LogP contribution in [0.4, 0.5) is 0 Å². The number of hydrogen-bond donors (Lipinski definition) is 2. The number of hydrogen-bond acceptors (Lipinski definition) is 7. The third kappa shape index (κ3) is 9.63. The molecule has 0 aromatic heterocycles. The number of carbonyl (C=O) groups excluding carboxylic acids is 3. The molecule has 0 bridgehead atoms. The number of amides is 1. The highest BCUT2D eigenvalue weighted by Crippen LogP contribution is 2.10. The van der Waals surface area contributed by atoms with Gasteiger partial charge in [-0.2, -0.15) is 0 Å². The molecule has 0 spiro atoms. The lowest BCUT2D eigenvalue weighted by Gasteiger charge is -2.25. The van der Waals surface area contributed by atoms with E-state index in [0.29, 0.717) is 12.8 Å². The first-order valence-corrected chi connectivity index (χ1v) is 9.73. The Morgan fingerprint density at radius 1 is 1.15 bits per heavy atom. The first-order chi connectivity index (χ1) is 13.0. The van der Waals surface area contributed by atoms with Crippen LogP contribution in [-0.4, -0.2) is 74.3 Å². The lowest BCUT2D eigenvalue weighted by Crippen LogP contribution is -2.46. The molecule has 0 aliphatic carbocycles. The van der Waals surface area contributed by atoms with E-state index < -0.39 is 29.8 Å². The minimum atomic E-state index is -0.925. The number of Topliss-reactive ketones (excluding diaryl/α,β-unsaturated/α-hetero) is 1. The van der Waals surface area contributed by atoms with E-state index in [1.807, 2.05) is 0 Å². The molecular formula is C19H33N3O5. The predicted octanol–water partition coefficient (Wildman–Crippen LogP) is 1.31. The Kier molecular flexibility index (Phi) is 11.5. The van der Waals surface area contributed by atoms with Crippen LogP contribution in [0, 0.1) is 5.41 Å². The molecule has 0 saturated carbocycles. The number of ketones is 1. The summed E-state index contributed by atoms with van der Waals surface area (Å²) < 4.78 is 10.3. The average molecular weight is 383 g/mol. The van der Waals surface area contributed by atoms with Gasteiger partial charge in [0.1, 0.15) is 18.8 Å². The second-order valence-electron chi connectivity index (χ2n) is 6.87. The van der Waals surface area contributed by atoms with Crippen molar-refractivity contribution in [2.75, 3.05) is 33.4 Å². The molecule has 27 heavy (non-hydrogen) atoms. The SMILES string of the molecule is CO[C@@H](C)C(=O)N[C@@H](CCC(=O)C=N)C(=O)OCCN1CCCCCCC1. The molecule has 1 saturated heterocycles. The molecule has 1 rings (SSSR count). The van der Waals surface area contributed by atoms with E-state index in [1.54, 1.807) is 6.92 Å². The van der Waals surface area contributed by atoms with Gasteiger partial charge in [0.2, 0.25) is 5.91 Å². The molecule has 0 aromatic carbocycles. The van der Waals surface area contributed by atoms with Crippen molar-refractivity contribution in [3.05, 3.63) is 0 Å². The minimum absolute atomic E-state index is 0.00294. The molecule has 0 unspecified atom stereocenters. The summed E-state index contributed by atoms with van der Waals surface area (Å²) in [6, 6.07) is -0.925. The minimum Gasteiger partial charge on any atom is -0.463 e. The molecule has 8 nitrogen and oxygen atoms in total. The van der Waals surface area contributed by atoms with E-state index in [0.717, 1.165) is 25.9 Å². The average Bonchev–Trinajstić information content (AvgIpc) is 2.65. The molecule has 1 aliphatic rings. The van der Waals surface area contributed by atoms with Crippen molar-refractivity contribution in [1.29, 1.82) is 5.41 Å². The van der Waals surface area contributed by atoms with Gasteiger partial charge in [0, 0.05) is 20.1 Å². The molecule has 8 heteroatoms. The topological polar surface area (TPSA) is 109 Å². The molecule has 154 valence electrons. The molecule has 1 aliphatic heterocycles. The van der Waals surface area contributed by atoms with Gasteiger partial charge in [-0.3, -0.25) is 14.5 Å². The first kappa shape index (κ1) is 23.2. The van der Waals surface area contributed by atoms with Crippen molar-refractivity contribution in [1.82, 2.24) is 10.2 Å². The largest absolute Gasteiger partial charge is 0.463 e. The van der Waals surface area contributed by atoms with Crippen molar-refractivity contribution < 1.29 is 23.9 Å². The zero-order valence-corrected chi connectivity index (χ0v) is 16.5. The van der Waals surface area contributed by atoms with Gasteiger partial charge in [-0.05, 0) is 39.3 Å². The summed E-state index contributed by atoms with van der Waals surface area (Å²) >= 11 is 0. The summed E-state index contributed by atoms with van der Waals surface area (Å²) in [7, 11) is 1.40. The Morgan fingerprint density at radius 3 is 2.37 bits per heavy atom. The summed E-state index contributed by atoms with van der Waals surface area (Å²) in [5.41, 5.74) is 0. The summed E-state index contributed by atoms with van der Waals surface area (Å²) in [6.07, 6.45) is 6.19. The number of methoxy groups -OCH3 is 1. The number of rotatable bonds is 11. The fourth-order valence-electron chi connectivity index (χ4n) is 2.92. The number of nitrogens with zero attached hydrogens (tertiary/aromatic N) is 1. The molecule has 1 heterocycles. The van der Waals surface area contributed by atoms with Crippen molar-refractivity contribution in [3.8, 4) is 0 Å². The van der Waals surface area contributed by atoms with E-state index in [9.17, 15) is 14.4 Å². The first-order valence-electron chi connectivity index (χ1n) is 9.73. The monoisotopic (exact) mass is 383 g/mol. The van der Waals surface area contributed by atoms with Crippen LogP contribution in [0.1, 0.15) is 51.9 Å². The highest BCUT2D eigenvalue weighted by atomic mass is 16.5. The maximum Gasteiger partial charge on any atom is 0.328 e. The predicted molar refractivity (Wildman–Crippen MR) is 102 cm³/mol. The molecule has 1 fully saturated rings. The Morgan fingerprint density at radius 2 is 1.78 bits per heavy atom. The zero-order chi connectivity index (χ0) is 20.1. The Hall–Kier alpha value is -1.80. The number of nitrogens with one attached hydrogen (secondary N) is 2. The van der Waals surface area contributed by atoms with Gasteiger partial charge in [-0.25, -0.2) is 4.79 Å². The summed E-state index contributed by atoms with van der Waals surface area (Å²) in [5.74, 6) is -1.40. The molecule has 2 atom stereocenters. The van der Waals surface area contributed by atoms with Crippen molar-refractivity contribution in [2.45, 2.75) is 64.0 Å². The van der Waals surface area contributed by atoms with E-state index in [2.05, 4.69) is 10.2 Å². The van der Waals surface area contributed by atoms with Crippen molar-refractivity contribution in [3.63, 3.8) is 0 Å².